The smallest absolute Gasteiger partial charge is 0.306 e. The van der Waals surface area contributed by atoms with E-state index in [-0.39, 0.29) is 31.1 Å². The molecule has 0 N–H and O–H groups in total. The van der Waals surface area contributed by atoms with Crippen LogP contribution in [0, 0.1) is 5.92 Å². The molecule has 344 valence electrons. The summed E-state index contributed by atoms with van der Waals surface area (Å²) in [6, 6.07) is 0. The van der Waals surface area contributed by atoms with Crippen molar-refractivity contribution in [3.63, 3.8) is 0 Å². The predicted molar refractivity (Wildman–Crippen MR) is 247 cm³/mol. The Hall–Kier alpha value is -1.59. The van der Waals surface area contributed by atoms with Gasteiger partial charge in [-0.05, 0) is 25.2 Å². The number of unbranched alkanes of at least 4 members (excludes halogenated alkanes) is 34. The molecule has 0 heterocycles. The highest BCUT2D eigenvalue weighted by molar-refractivity contribution is 5.71. The van der Waals surface area contributed by atoms with E-state index in [9.17, 15) is 14.4 Å². The molecule has 0 spiro atoms. The molecule has 0 aliphatic rings. The second-order valence-corrected chi connectivity index (χ2v) is 18.3. The van der Waals surface area contributed by atoms with Gasteiger partial charge in [0.05, 0.1) is 0 Å². The quantitative estimate of drug-likeness (QED) is 0.0346. The van der Waals surface area contributed by atoms with Gasteiger partial charge >= 0.3 is 17.9 Å². The summed E-state index contributed by atoms with van der Waals surface area (Å²) in [6.45, 7) is 8.97. The van der Waals surface area contributed by atoms with E-state index in [4.69, 9.17) is 14.2 Å². The van der Waals surface area contributed by atoms with Gasteiger partial charge in [-0.25, -0.2) is 0 Å². The molecule has 0 aromatic heterocycles. The maximum absolute atomic E-state index is 12.7. The SMILES string of the molecule is CCCCCCCCCCCCCCCCC(=O)OC[C@@H](COC(=O)CCCCCCC)OC(=O)CCCCCCCCCCCCCCCCCCCCC(C)C. The molecule has 0 unspecified atom stereocenters. The van der Waals surface area contributed by atoms with E-state index < -0.39 is 6.10 Å². The molecule has 0 aliphatic heterocycles. The average molecular weight is 821 g/mol. The molecule has 58 heavy (non-hydrogen) atoms. The molecule has 0 amide bonds. The van der Waals surface area contributed by atoms with Crippen molar-refractivity contribution >= 4 is 17.9 Å². The molecule has 0 aromatic rings. The van der Waals surface area contributed by atoms with Gasteiger partial charge in [0.25, 0.3) is 0 Å². The second kappa shape index (κ2) is 46.5. The lowest BCUT2D eigenvalue weighted by Gasteiger charge is -2.18. The Bertz CT molecular complexity index is 872. The standard InChI is InChI=1S/C52H100O6/c1-5-7-9-11-12-13-14-15-23-26-29-32-36-40-44-51(54)57-47-49(46-56-50(53)43-39-34-10-8-6-2)58-52(55)45-41-37-33-30-27-24-21-19-17-16-18-20-22-25-28-31-35-38-42-48(3)4/h48-49H,5-47H2,1-4H3/t49-/m1/s1. The van der Waals surface area contributed by atoms with Crippen LogP contribution in [0.5, 0.6) is 0 Å². The van der Waals surface area contributed by atoms with Crippen molar-refractivity contribution in [2.45, 2.75) is 297 Å². The van der Waals surface area contributed by atoms with Gasteiger partial charge in [-0.15, -0.1) is 0 Å². The van der Waals surface area contributed by atoms with Gasteiger partial charge in [0, 0.05) is 19.3 Å². The van der Waals surface area contributed by atoms with Gasteiger partial charge in [-0.2, -0.15) is 0 Å². The zero-order valence-corrected chi connectivity index (χ0v) is 39.5. The van der Waals surface area contributed by atoms with E-state index in [1.54, 1.807) is 0 Å². The lowest BCUT2D eigenvalue weighted by Crippen LogP contribution is -2.30. The third-order valence-electron chi connectivity index (χ3n) is 11.8. The highest BCUT2D eigenvalue weighted by Crippen LogP contribution is 2.17. The Balaban J connectivity index is 4.07. The minimum atomic E-state index is -0.758. The van der Waals surface area contributed by atoms with Crippen LogP contribution >= 0.6 is 0 Å². The van der Waals surface area contributed by atoms with Gasteiger partial charge in [0.2, 0.25) is 0 Å². The summed E-state index contributed by atoms with van der Waals surface area (Å²) >= 11 is 0. The van der Waals surface area contributed by atoms with E-state index in [0.717, 1.165) is 70.1 Å². The van der Waals surface area contributed by atoms with E-state index in [1.165, 1.54) is 180 Å². The molecule has 0 aromatic carbocycles. The maximum Gasteiger partial charge on any atom is 0.306 e. The number of ether oxygens (including phenoxy) is 3. The normalized spacial score (nSPS) is 11.9. The van der Waals surface area contributed by atoms with Crippen molar-refractivity contribution in [2.75, 3.05) is 13.2 Å². The first-order valence-electron chi connectivity index (χ1n) is 25.9. The van der Waals surface area contributed by atoms with Gasteiger partial charge in [-0.3, -0.25) is 14.4 Å². The minimum Gasteiger partial charge on any atom is -0.462 e. The van der Waals surface area contributed by atoms with Crippen LogP contribution in [0.2, 0.25) is 0 Å². The van der Waals surface area contributed by atoms with Crippen molar-refractivity contribution < 1.29 is 28.6 Å². The molecule has 6 heteroatoms. The Labute approximate surface area is 361 Å². The van der Waals surface area contributed by atoms with Crippen molar-refractivity contribution in [3.8, 4) is 0 Å². The number of esters is 3. The predicted octanol–water partition coefficient (Wildman–Crippen LogP) is 16.7. The fourth-order valence-corrected chi connectivity index (χ4v) is 7.86. The summed E-state index contributed by atoms with van der Waals surface area (Å²) in [5.41, 5.74) is 0. The van der Waals surface area contributed by atoms with Crippen LogP contribution in [0.15, 0.2) is 0 Å². The van der Waals surface area contributed by atoms with Gasteiger partial charge in [0.15, 0.2) is 6.10 Å². The first kappa shape index (κ1) is 56.4. The lowest BCUT2D eigenvalue weighted by molar-refractivity contribution is -0.167. The Kier molecular flexibility index (Phi) is 45.2. The highest BCUT2D eigenvalue weighted by Gasteiger charge is 2.19. The third-order valence-corrected chi connectivity index (χ3v) is 11.8. The first-order valence-corrected chi connectivity index (χ1v) is 25.9. The van der Waals surface area contributed by atoms with Crippen molar-refractivity contribution in [3.05, 3.63) is 0 Å². The Morgan fingerprint density at radius 1 is 0.328 bits per heavy atom. The Morgan fingerprint density at radius 2 is 0.569 bits per heavy atom. The van der Waals surface area contributed by atoms with Crippen molar-refractivity contribution in [1.29, 1.82) is 0 Å². The monoisotopic (exact) mass is 821 g/mol. The molecule has 0 bridgehead atoms. The van der Waals surface area contributed by atoms with Gasteiger partial charge in [-0.1, -0.05) is 252 Å². The molecular weight excluding hydrogens is 721 g/mol. The molecule has 6 nitrogen and oxygen atoms in total. The molecule has 0 fully saturated rings. The number of carbonyl (C=O) groups excluding carboxylic acids is 3. The molecule has 0 radical (unpaired) electrons. The summed E-state index contributed by atoms with van der Waals surface area (Å²) in [6.07, 6.45) is 48.4. The van der Waals surface area contributed by atoms with Crippen LogP contribution in [-0.4, -0.2) is 37.2 Å². The van der Waals surface area contributed by atoms with E-state index in [0.29, 0.717) is 19.3 Å². The van der Waals surface area contributed by atoms with Crippen LogP contribution < -0.4 is 0 Å². The van der Waals surface area contributed by atoms with Crippen LogP contribution in [0.4, 0.5) is 0 Å². The molecule has 1 atom stereocenters. The van der Waals surface area contributed by atoms with E-state index >= 15 is 0 Å². The molecular formula is C52H100O6. The summed E-state index contributed by atoms with van der Waals surface area (Å²) in [5, 5.41) is 0. The van der Waals surface area contributed by atoms with Crippen LogP contribution in [0.25, 0.3) is 0 Å². The topological polar surface area (TPSA) is 78.9 Å². The average Bonchev–Trinajstić information content (AvgIpc) is 3.21. The summed E-state index contributed by atoms with van der Waals surface area (Å²) in [5.74, 6) is -0.000968. The number of rotatable bonds is 47. The maximum atomic E-state index is 12.7. The zero-order chi connectivity index (χ0) is 42.4. The largest absolute Gasteiger partial charge is 0.462 e. The molecule has 0 saturated heterocycles. The zero-order valence-electron chi connectivity index (χ0n) is 39.5. The summed E-state index contributed by atoms with van der Waals surface area (Å²) in [4.78, 5) is 37.6. The fraction of sp³-hybridized carbons (Fsp3) is 0.942. The summed E-state index contributed by atoms with van der Waals surface area (Å²) < 4.78 is 16.7. The fourth-order valence-electron chi connectivity index (χ4n) is 7.86. The van der Waals surface area contributed by atoms with E-state index in [1.807, 2.05) is 0 Å². The van der Waals surface area contributed by atoms with Crippen LogP contribution in [-0.2, 0) is 28.6 Å². The number of hydrogen-bond acceptors (Lipinski definition) is 6. The molecule has 0 rings (SSSR count). The minimum absolute atomic E-state index is 0.0638. The number of carbonyl (C=O) groups is 3. The van der Waals surface area contributed by atoms with Crippen molar-refractivity contribution in [2.24, 2.45) is 5.92 Å². The van der Waals surface area contributed by atoms with E-state index in [2.05, 4.69) is 27.7 Å². The summed E-state index contributed by atoms with van der Waals surface area (Å²) in [7, 11) is 0. The van der Waals surface area contributed by atoms with Gasteiger partial charge in [0.1, 0.15) is 13.2 Å². The third kappa shape index (κ3) is 45.5. The highest BCUT2D eigenvalue weighted by atomic mass is 16.6. The number of hydrogen-bond donors (Lipinski definition) is 0. The van der Waals surface area contributed by atoms with Crippen LogP contribution in [0.1, 0.15) is 291 Å². The lowest BCUT2D eigenvalue weighted by atomic mass is 10.0. The van der Waals surface area contributed by atoms with Gasteiger partial charge < -0.3 is 14.2 Å². The molecule has 0 saturated carbocycles. The van der Waals surface area contributed by atoms with Crippen LogP contribution in [0.3, 0.4) is 0 Å². The van der Waals surface area contributed by atoms with Crippen molar-refractivity contribution in [1.82, 2.24) is 0 Å². The Morgan fingerprint density at radius 3 is 0.845 bits per heavy atom. The first-order chi connectivity index (χ1) is 28.4. The molecule has 0 aliphatic carbocycles. The second-order valence-electron chi connectivity index (χ2n) is 18.3.